The second kappa shape index (κ2) is 4.49. The first kappa shape index (κ1) is 12.7. The van der Waals surface area contributed by atoms with E-state index in [0.29, 0.717) is 5.52 Å². The van der Waals surface area contributed by atoms with Crippen molar-refractivity contribution in [3.8, 4) is 0 Å². The summed E-state index contributed by atoms with van der Waals surface area (Å²) in [5.74, 6) is -2.33. The summed E-state index contributed by atoms with van der Waals surface area (Å²) in [4.78, 5) is 14.3. The van der Waals surface area contributed by atoms with E-state index in [4.69, 9.17) is 12.2 Å². The van der Waals surface area contributed by atoms with E-state index in [1.807, 2.05) is 0 Å². The van der Waals surface area contributed by atoms with E-state index in [-0.39, 0.29) is 16.2 Å². The molecular formula is C11H11F2N3OS. The number of H-pyrrole nitrogens is 1. The van der Waals surface area contributed by atoms with Crippen LogP contribution in [0.5, 0.6) is 0 Å². The van der Waals surface area contributed by atoms with Gasteiger partial charge in [-0.3, -0.25) is 4.79 Å². The summed E-state index contributed by atoms with van der Waals surface area (Å²) in [6, 6.07) is 1.67. The molecule has 0 spiro atoms. The maximum absolute atomic E-state index is 13.8. The van der Waals surface area contributed by atoms with Crippen LogP contribution in [0, 0.1) is 16.4 Å². The van der Waals surface area contributed by atoms with E-state index >= 15 is 0 Å². The number of hydrogen-bond donors (Lipinski definition) is 2. The third kappa shape index (κ3) is 1.80. The van der Waals surface area contributed by atoms with Crippen molar-refractivity contribution >= 4 is 29.2 Å². The molecule has 2 aromatic rings. The van der Waals surface area contributed by atoms with E-state index in [9.17, 15) is 13.6 Å². The van der Waals surface area contributed by atoms with Gasteiger partial charge in [0.05, 0.1) is 5.52 Å². The number of fused-ring (bicyclic) bond motifs is 1. The number of carbonyl (C=O) groups excluding carboxylic acids is 1. The van der Waals surface area contributed by atoms with Crippen molar-refractivity contribution in [2.75, 3.05) is 7.05 Å². The van der Waals surface area contributed by atoms with Crippen LogP contribution >= 0.6 is 12.2 Å². The molecule has 1 amide bonds. The fourth-order valence-corrected chi connectivity index (χ4v) is 2.21. The number of nitrogens with one attached hydrogen (secondary N) is 2. The summed E-state index contributed by atoms with van der Waals surface area (Å²) < 4.78 is 28.5. The van der Waals surface area contributed by atoms with Crippen molar-refractivity contribution in [2.24, 2.45) is 0 Å². The molecule has 0 aliphatic heterocycles. The predicted molar refractivity (Wildman–Crippen MR) is 65.8 cm³/mol. The number of nitrogens with zero attached hydrogens (tertiary/aromatic N) is 1. The van der Waals surface area contributed by atoms with Crippen molar-refractivity contribution in [3.63, 3.8) is 0 Å². The van der Waals surface area contributed by atoms with Gasteiger partial charge in [0.25, 0.3) is 0 Å². The Hall–Kier alpha value is -1.76. The Balaban J connectivity index is 2.78. The number of rotatable bonds is 2. The molecule has 1 unspecified atom stereocenters. The van der Waals surface area contributed by atoms with Crippen LogP contribution in [0.2, 0.25) is 0 Å². The number of carbonyl (C=O) groups is 1. The number of halogens is 2. The first-order valence-corrected chi connectivity index (χ1v) is 5.68. The van der Waals surface area contributed by atoms with Crippen molar-refractivity contribution in [2.45, 2.75) is 13.0 Å². The van der Waals surface area contributed by atoms with E-state index in [1.54, 1.807) is 6.92 Å². The zero-order valence-corrected chi connectivity index (χ0v) is 10.6. The average molecular weight is 271 g/mol. The summed E-state index contributed by atoms with van der Waals surface area (Å²) in [5.41, 5.74) is 0.325. The Labute approximate surface area is 107 Å². The Bertz CT molecular complexity index is 677. The van der Waals surface area contributed by atoms with Gasteiger partial charge in [-0.25, -0.2) is 8.78 Å². The minimum Gasteiger partial charge on any atom is -0.357 e. The molecule has 0 saturated heterocycles. The summed E-state index contributed by atoms with van der Waals surface area (Å²) in [7, 11) is 1.47. The molecule has 18 heavy (non-hydrogen) atoms. The Morgan fingerprint density at radius 3 is 2.78 bits per heavy atom. The lowest BCUT2D eigenvalue weighted by Gasteiger charge is -2.13. The highest BCUT2D eigenvalue weighted by Crippen LogP contribution is 2.23. The quantitative estimate of drug-likeness (QED) is 0.823. The molecule has 2 N–H and O–H groups in total. The second-order valence-corrected chi connectivity index (χ2v) is 4.23. The number of hydrogen-bond acceptors (Lipinski definition) is 2. The van der Waals surface area contributed by atoms with Crippen molar-refractivity contribution in [1.82, 2.24) is 14.9 Å². The monoisotopic (exact) mass is 271 g/mol. The molecule has 0 fully saturated rings. The smallest absolute Gasteiger partial charge is 0.242 e. The molecule has 7 heteroatoms. The van der Waals surface area contributed by atoms with E-state index in [0.717, 1.165) is 6.07 Å². The summed E-state index contributed by atoms with van der Waals surface area (Å²) in [6.45, 7) is 1.56. The first-order valence-electron chi connectivity index (χ1n) is 5.27. The summed E-state index contributed by atoms with van der Waals surface area (Å²) in [5, 5.41) is 2.44. The first-order chi connectivity index (χ1) is 8.47. The van der Waals surface area contributed by atoms with Crippen LogP contribution in [0.4, 0.5) is 8.78 Å². The molecule has 1 atom stereocenters. The van der Waals surface area contributed by atoms with Gasteiger partial charge in [-0.2, -0.15) is 0 Å². The fourth-order valence-electron chi connectivity index (χ4n) is 1.85. The van der Waals surface area contributed by atoms with Crippen molar-refractivity contribution < 1.29 is 13.6 Å². The van der Waals surface area contributed by atoms with Gasteiger partial charge in [-0.15, -0.1) is 0 Å². The predicted octanol–water partition coefficient (Wildman–Crippen LogP) is 2.28. The van der Waals surface area contributed by atoms with Gasteiger partial charge >= 0.3 is 0 Å². The second-order valence-electron chi connectivity index (χ2n) is 3.85. The van der Waals surface area contributed by atoms with Gasteiger partial charge in [0.1, 0.15) is 11.6 Å². The molecule has 4 nitrogen and oxygen atoms in total. The zero-order chi connectivity index (χ0) is 13.4. The van der Waals surface area contributed by atoms with E-state index < -0.39 is 17.7 Å². The van der Waals surface area contributed by atoms with Crippen LogP contribution in [0.3, 0.4) is 0 Å². The van der Waals surface area contributed by atoms with Gasteiger partial charge in [-0.1, -0.05) is 0 Å². The highest BCUT2D eigenvalue weighted by Gasteiger charge is 2.21. The molecule has 0 aliphatic rings. The van der Waals surface area contributed by atoms with Gasteiger partial charge in [-0.05, 0) is 31.3 Å². The molecule has 1 aromatic heterocycles. The van der Waals surface area contributed by atoms with Crippen LogP contribution in [0.15, 0.2) is 12.1 Å². The molecule has 0 bridgehead atoms. The lowest BCUT2D eigenvalue weighted by molar-refractivity contribution is -0.123. The van der Waals surface area contributed by atoms with E-state index in [2.05, 4.69) is 10.3 Å². The third-order valence-electron chi connectivity index (χ3n) is 2.78. The Morgan fingerprint density at radius 1 is 1.50 bits per heavy atom. The standard InChI is InChI=1S/C11H11F2N3OS/c1-5(10(17)14-2)16-9-7(15-11(16)18)4-3-6(12)8(9)13/h3-5H,1-2H3,(H,14,17)(H,15,18). The third-order valence-corrected chi connectivity index (χ3v) is 3.08. The van der Waals surface area contributed by atoms with Gasteiger partial charge in [0.2, 0.25) is 5.91 Å². The van der Waals surface area contributed by atoms with Gasteiger partial charge < -0.3 is 14.9 Å². The highest BCUT2D eigenvalue weighted by molar-refractivity contribution is 7.71. The molecule has 1 heterocycles. The molecule has 0 aliphatic carbocycles. The number of aromatic nitrogens is 2. The lowest BCUT2D eigenvalue weighted by atomic mass is 10.2. The number of benzene rings is 1. The van der Waals surface area contributed by atoms with Crippen LogP contribution in [-0.2, 0) is 4.79 Å². The largest absolute Gasteiger partial charge is 0.357 e. The topological polar surface area (TPSA) is 49.8 Å². The summed E-state index contributed by atoms with van der Waals surface area (Å²) in [6.07, 6.45) is 0. The van der Waals surface area contributed by atoms with Crippen molar-refractivity contribution in [3.05, 3.63) is 28.5 Å². The number of aromatic amines is 1. The minimum atomic E-state index is -1.02. The normalized spacial score (nSPS) is 12.7. The average Bonchev–Trinajstić information content (AvgIpc) is 2.69. The lowest BCUT2D eigenvalue weighted by Crippen LogP contribution is -2.28. The molecule has 96 valence electrons. The van der Waals surface area contributed by atoms with E-state index in [1.165, 1.54) is 17.7 Å². The maximum atomic E-state index is 13.8. The highest BCUT2D eigenvalue weighted by atomic mass is 32.1. The molecule has 0 radical (unpaired) electrons. The van der Waals surface area contributed by atoms with Gasteiger partial charge in [0.15, 0.2) is 16.4 Å². The number of likely N-dealkylation sites (N-methyl/N-ethyl adjacent to an activating group) is 1. The molecule has 0 saturated carbocycles. The van der Waals surface area contributed by atoms with Crippen LogP contribution in [0.1, 0.15) is 13.0 Å². The summed E-state index contributed by atoms with van der Waals surface area (Å²) >= 11 is 5.04. The molecule has 1 aromatic carbocycles. The fraction of sp³-hybridized carbons (Fsp3) is 0.273. The SMILES string of the molecule is CNC(=O)C(C)n1c(=S)[nH]c2ccc(F)c(F)c21. The minimum absolute atomic E-state index is 0.0314. The number of imidazole rings is 1. The van der Waals surface area contributed by atoms with Crippen LogP contribution < -0.4 is 5.32 Å². The van der Waals surface area contributed by atoms with Crippen molar-refractivity contribution in [1.29, 1.82) is 0 Å². The zero-order valence-electron chi connectivity index (χ0n) is 9.75. The van der Waals surface area contributed by atoms with Crippen LogP contribution in [0.25, 0.3) is 11.0 Å². The maximum Gasteiger partial charge on any atom is 0.242 e. The van der Waals surface area contributed by atoms with Crippen LogP contribution in [-0.4, -0.2) is 22.5 Å². The Morgan fingerprint density at radius 2 is 2.17 bits per heavy atom. The molecular weight excluding hydrogens is 260 g/mol. The van der Waals surface area contributed by atoms with Gasteiger partial charge in [0, 0.05) is 7.05 Å². The Kier molecular flexibility index (Phi) is 3.16. The molecule has 2 rings (SSSR count). The number of amides is 1.